The van der Waals surface area contributed by atoms with Gasteiger partial charge in [0, 0.05) is 16.5 Å². The molecule has 1 N–H and O–H groups in total. The number of benzene rings is 1. The van der Waals surface area contributed by atoms with Gasteiger partial charge in [0.05, 0.1) is 18.6 Å². The summed E-state index contributed by atoms with van der Waals surface area (Å²) in [5, 5.41) is 15.6. The van der Waals surface area contributed by atoms with Crippen LogP contribution in [0.3, 0.4) is 0 Å². The van der Waals surface area contributed by atoms with E-state index in [1.807, 2.05) is 6.92 Å². The molecule has 33 heavy (non-hydrogen) atoms. The second-order valence-corrected chi connectivity index (χ2v) is 8.78. The van der Waals surface area contributed by atoms with E-state index in [2.05, 4.69) is 20.7 Å². The third kappa shape index (κ3) is 4.23. The van der Waals surface area contributed by atoms with Crippen LogP contribution in [0.25, 0.3) is 20.7 Å². The van der Waals surface area contributed by atoms with Gasteiger partial charge in [-0.05, 0) is 50.2 Å². The Balaban J connectivity index is 0.00000259. The molecule has 1 saturated heterocycles. The van der Waals surface area contributed by atoms with Crippen molar-refractivity contribution in [2.24, 2.45) is 0 Å². The molecular formula is C21H23ClFN7O2S. The number of piperidine rings is 1. The van der Waals surface area contributed by atoms with Gasteiger partial charge in [-0.2, -0.15) is 4.80 Å². The van der Waals surface area contributed by atoms with E-state index in [1.54, 1.807) is 24.3 Å². The molecular weight excluding hydrogens is 469 g/mol. The molecule has 174 valence electrons. The molecule has 0 bridgehead atoms. The normalized spacial score (nSPS) is 14.5. The zero-order valence-electron chi connectivity index (χ0n) is 17.9. The first-order valence-corrected chi connectivity index (χ1v) is 11.4. The van der Waals surface area contributed by atoms with Crippen LogP contribution in [0.2, 0.25) is 0 Å². The Morgan fingerprint density at radius 1 is 1.21 bits per heavy atom. The Kier molecular flexibility index (Phi) is 6.73. The van der Waals surface area contributed by atoms with Crippen LogP contribution in [0.15, 0.2) is 39.9 Å². The number of aromatic nitrogens is 6. The van der Waals surface area contributed by atoms with Crippen LogP contribution < -0.4 is 16.6 Å². The van der Waals surface area contributed by atoms with Crippen LogP contribution in [0, 0.1) is 5.82 Å². The van der Waals surface area contributed by atoms with Crippen LogP contribution in [0.5, 0.6) is 0 Å². The van der Waals surface area contributed by atoms with Crippen molar-refractivity contribution in [3.05, 3.63) is 62.8 Å². The lowest BCUT2D eigenvalue weighted by molar-refractivity contribution is 0.346. The maximum Gasteiger partial charge on any atom is 0.332 e. The predicted octanol–water partition coefficient (Wildman–Crippen LogP) is 2.43. The molecule has 4 heterocycles. The summed E-state index contributed by atoms with van der Waals surface area (Å²) in [7, 11) is 0. The average Bonchev–Trinajstić information content (AvgIpc) is 3.45. The third-order valence-electron chi connectivity index (χ3n) is 5.74. The molecule has 0 spiro atoms. The molecule has 1 fully saturated rings. The van der Waals surface area contributed by atoms with Gasteiger partial charge in [0.1, 0.15) is 10.5 Å². The van der Waals surface area contributed by atoms with Crippen molar-refractivity contribution in [1.29, 1.82) is 0 Å². The highest BCUT2D eigenvalue weighted by atomic mass is 35.5. The van der Waals surface area contributed by atoms with Crippen LogP contribution in [0.4, 0.5) is 4.39 Å². The molecule has 0 aliphatic carbocycles. The van der Waals surface area contributed by atoms with E-state index in [4.69, 9.17) is 0 Å². The van der Waals surface area contributed by atoms with E-state index in [9.17, 15) is 14.0 Å². The summed E-state index contributed by atoms with van der Waals surface area (Å²) < 4.78 is 17.7. The minimum absolute atomic E-state index is 0. The lowest BCUT2D eigenvalue weighted by Gasteiger charge is -2.24. The number of aryl methyl sites for hydroxylation is 1. The molecule has 0 atom stereocenters. The standard InChI is InChI=1S/C21H22FN7O2S.ClH/c1-2-28-25-18(24-26-28)12-27-16-11-17(14-5-3-4-6-15(14)22)32-19(16)20(30)29(21(27)31)13-7-9-23-10-8-13;/h3-6,11,13,23H,2,7-10,12H2,1H3;1H. The van der Waals surface area contributed by atoms with Crippen molar-refractivity contribution < 1.29 is 4.39 Å². The molecule has 12 heteroatoms. The van der Waals surface area contributed by atoms with Crippen LogP contribution >= 0.6 is 23.7 Å². The smallest absolute Gasteiger partial charge is 0.317 e. The second kappa shape index (κ2) is 9.54. The minimum atomic E-state index is -0.403. The van der Waals surface area contributed by atoms with E-state index in [-0.39, 0.29) is 36.4 Å². The fourth-order valence-electron chi connectivity index (χ4n) is 4.11. The number of nitrogens with zero attached hydrogens (tertiary/aromatic N) is 6. The van der Waals surface area contributed by atoms with Gasteiger partial charge in [-0.1, -0.05) is 18.2 Å². The summed E-state index contributed by atoms with van der Waals surface area (Å²) in [5.41, 5.74) is 0.128. The van der Waals surface area contributed by atoms with Gasteiger partial charge in [-0.15, -0.1) is 33.9 Å². The zero-order chi connectivity index (χ0) is 22.2. The highest BCUT2D eigenvalue weighted by Crippen LogP contribution is 2.33. The molecule has 3 aromatic heterocycles. The second-order valence-electron chi connectivity index (χ2n) is 7.72. The fraction of sp³-hybridized carbons (Fsp3) is 0.381. The Bertz CT molecular complexity index is 1400. The maximum absolute atomic E-state index is 14.5. The van der Waals surface area contributed by atoms with Crippen LogP contribution in [0.1, 0.15) is 31.6 Å². The number of thiophene rings is 1. The van der Waals surface area contributed by atoms with Gasteiger partial charge in [0.15, 0.2) is 5.82 Å². The first kappa shape index (κ1) is 23.3. The Morgan fingerprint density at radius 2 is 1.97 bits per heavy atom. The number of fused-ring (bicyclic) bond motifs is 1. The number of hydrogen-bond acceptors (Lipinski definition) is 7. The first-order valence-electron chi connectivity index (χ1n) is 10.6. The van der Waals surface area contributed by atoms with Gasteiger partial charge in [-0.25, -0.2) is 9.18 Å². The van der Waals surface area contributed by atoms with E-state index >= 15 is 0 Å². The summed E-state index contributed by atoms with van der Waals surface area (Å²) in [6.45, 7) is 4.01. The van der Waals surface area contributed by atoms with Crippen molar-refractivity contribution in [3.8, 4) is 10.4 Å². The van der Waals surface area contributed by atoms with Crippen molar-refractivity contribution >= 4 is 34.0 Å². The highest BCUT2D eigenvalue weighted by molar-refractivity contribution is 7.22. The van der Waals surface area contributed by atoms with Crippen molar-refractivity contribution in [3.63, 3.8) is 0 Å². The SMILES string of the molecule is CCn1nnc(Cn2c(=O)n(C3CCNCC3)c(=O)c3sc(-c4ccccc4F)cc32)n1.Cl. The maximum atomic E-state index is 14.5. The molecule has 1 aliphatic rings. The van der Waals surface area contributed by atoms with Crippen molar-refractivity contribution in [2.75, 3.05) is 13.1 Å². The monoisotopic (exact) mass is 491 g/mol. The summed E-state index contributed by atoms with van der Waals surface area (Å²) >= 11 is 1.20. The summed E-state index contributed by atoms with van der Waals surface area (Å²) in [4.78, 5) is 29.0. The zero-order valence-corrected chi connectivity index (χ0v) is 19.5. The number of nitrogens with one attached hydrogen (secondary N) is 1. The largest absolute Gasteiger partial charge is 0.332 e. The molecule has 0 amide bonds. The highest BCUT2D eigenvalue weighted by Gasteiger charge is 2.24. The predicted molar refractivity (Wildman–Crippen MR) is 127 cm³/mol. The van der Waals surface area contributed by atoms with Crippen molar-refractivity contribution in [1.82, 2.24) is 34.7 Å². The lowest BCUT2D eigenvalue weighted by atomic mass is 10.1. The first-order chi connectivity index (χ1) is 15.6. The van der Waals surface area contributed by atoms with E-state index in [0.717, 1.165) is 13.1 Å². The van der Waals surface area contributed by atoms with Gasteiger partial charge >= 0.3 is 5.69 Å². The lowest BCUT2D eigenvalue weighted by Crippen LogP contribution is -2.45. The number of rotatable bonds is 5. The topological polar surface area (TPSA) is 99.6 Å². The van der Waals surface area contributed by atoms with E-state index < -0.39 is 5.69 Å². The molecule has 9 nitrogen and oxygen atoms in total. The minimum Gasteiger partial charge on any atom is -0.317 e. The van der Waals surface area contributed by atoms with Crippen LogP contribution in [-0.2, 0) is 13.1 Å². The Labute approximate surface area is 198 Å². The Morgan fingerprint density at radius 3 is 2.67 bits per heavy atom. The Hall–Kier alpha value is -2.89. The molecule has 1 aromatic carbocycles. The number of halogens is 2. The molecule has 1 aliphatic heterocycles. The van der Waals surface area contributed by atoms with E-state index in [1.165, 1.54) is 31.3 Å². The molecule has 5 rings (SSSR count). The number of hydrogen-bond donors (Lipinski definition) is 1. The number of tetrazole rings is 1. The summed E-state index contributed by atoms with van der Waals surface area (Å²) in [6, 6.07) is 7.93. The molecule has 0 saturated carbocycles. The summed E-state index contributed by atoms with van der Waals surface area (Å²) in [6.07, 6.45) is 1.38. The molecule has 0 radical (unpaired) electrons. The molecule has 0 unspecified atom stereocenters. The quantitative estimate of drug-likeness (QED) is 0.460. The fourth-order valence-corrected chi connectivity index (χ4v) is 5.24. The summed E-state index contributed by atoms with van der Waals surface area (Å²) in [5.74, 6) is 0.00332. The van der Waals surface area contributed by atoms with Crippen LogP contribution in [-0.4, -0.2) is 42.4 Å². The van der Waals surface area contributed by atoms with Gasteiger partial charge in [0.2, 0.25) is 0 Å². The average molecular weight is 492 g/mol. The third-order valence-corrected chi connectivity index (χ3v) is 6.89. The van der Waals surface area contributed by atoms with Crippen molar-refractivity contribution in [2.45, 2.75) is 38.9 Å². The molecule has 4 aromatic rings. The van der Waals surface area contributed by atoms with Gasteiger partial charge < -0.3 is 5.32 Å². The van der Waals surface area contributed by atoms with E-state index in [0.29, 0.717) is 45.9 Å². The van der Waals surface area contributed by atoms with Gasteiger partial charge in [-0.3, -0.25) is 13.9 Å². The van der Waals surface area contributed by atoms with Gasteiger partial charge in [0.25, 0.3) is 5.56 Å².